The molecule has 0 aromatic heterocycles. The molecule has 1 aliphatic rings. The molecule has 1 unspecified atom stereocenters. The molecule has 1 aromatic carbocycles. The zero-order chi connectivity index (χ0) is 14.0. The fourth-order valence-electron chi connectivity index (χ4n) is 2.62. The number of anilines is 1. The van der Waals surface area contributed by atoms with E-state index in [0.717, 1.165) is 25.9 Å². The molecule has 0 saturated carbocycles. The predicted octanol–water partition coefficient (Wildman–Crippen LogP) is 2.78. The van der Waals surface area contributed by atoms with Crippen LogP contribution in [-0.4, -0.2) is 43.0 Å². The minimum atomic E-state index is -0.402. The fraction of sp³-hybridized carbons (Fsp3) is 0.538. The summed E-state index contributed by atoms with van der Waals surface area (Å²) in [6, 6.07) is 5.37. The van der Waals surface area contributed by atoms with Crippen LogP contribution in [0.15, 0.2) is 18.2 Å². The van der Waals surface area contributed by atoms with Crippen LogP contribution in [0.25, 0.3) is 0 Å². The first-order valence-electron chi connectivity index (χ1n) is 6.35. The summed E-state index contributed by atoms with van der Waals surface area (Å²) in [7, 11) is 3.98. The zero-order valence-corrected chi connectivity index (χ0v) is 11.9. The van der Waals surface area contributed by atoms with Gasteiger partial charge in [0.1, 0.15) is 10.7 Å². The van der Waals surface area contributed by atoms with Crippen molar-refractivity contribution < 1.29 is 4.92 Å². The predicted molar refractivity (Wildman–Crippen MR) is 77.0 cm³/mol. The summed E-state index contributed by atoms with van der Waals surface area (Å²) < 4.78 is 0. The molecule has 0 aliphatic carbocycles. The van der Waals surface area contributed by atoms with Crippen molar-refractivity contribution in [3.8, 4) is 0 Å². The number of nitrogens with zero attached hydrogens (tertiary/aromatic N) is 3. The van der Waals surface area contributed by atoms with E-state index in [1.165, 1.54) is 0 Å². The number of rotatable bonds is 3. The Hall–Kier alpha value is -1.33. The molecule has 0 N–H and O–H groups in total. The Bertz CT molecular complexity index is 481. The van der Waals surface area contributed by atoms with E-state index < -0.39 is 4.92 Å². The van der Waals surface area contributed by atoms with E-state index in [-0.39, 0.29) is 16.8 Å². The van der Waals surface area contributed by atoms with Gasteiger partial charge in [0.2, 0.25) is 0 Å². The molecule has 0 radical (unpaired) electrons. The Morgan fingerprint density at radius 2 is 2.26 bits per heavy atom. The SMILES string of the molecule is CN1CCCC(N(C)c2cccc(Cl)c2[N+](=O)[O-])C1. The van der Waals surface area contributed by atoms with Gasteiger partial charge in [-0.3, -0.25) is 10.1 Å². The Kier molecular flexibility index (Phi) is 4.27. The van der Waals surface area contributed by atoms with Crippen molar-refractivity contribution in [3.63, 3.8) is 0 Å². The van der Waals surface area contributed by atoms with Crippen LogP contribution >= 0.6 is 11.6 Å². The number of hydrogen-bond donors (Lipinski definition) is 0. The summed E-state index contributed by atoms with van der Waals surface area (Å²) in [5.74, 6) is 0. The molecule has 1 fully saturated rings. The third-order valence-corrected chi connectivity index (χ3v) is 3.98. The molecular formula is C13H18ClN3O2. The molecule has 0 bridgehead atoms. The summed E-state index contributed by atoms with van der Waals surface area (Å²) >= 11 is 5.96. The zero-order valence-electron chi connectivity index (χ0n) is 11.2. The van der Waals surface area contributed by atoms with E-state index in [0.29, 0.717) is 5.69 Å². The lowest BCUT2D eigenvalue weighted by atomic mass is 10.0. The lowest BCUT2D eigenvalue weighted by molar-refractivity contribution is -0.384. The maximum absolute atomic E-state index is 11.2. The second-order valence-corrected chi connectivity index (χ2v) is 5.44. The summed E-state index contributed by atoms with van der Waals surface area (Å²) in [6.45, 7) is 2.00. The summed E-state index contributed by atoms with van der Waals surface area (Å²) in [5, 5.41) is 11.4. The van der Waals surface area contributed by atoms with E-state index in [9.17, 15) is 10.1 Å². The van der Waals surface area contributed by atoms with E-state index in [1.807, 2.05) is 11.9 Å². The van der Waals surface area contributed by atoms with Crippen molar-refractivity contribution in [2.45, 2.75) is 18.9 Å². The first-order valence-corrected chi connectivity index (χ1v) is 6.72. The van der Waals surface area contributed by atoms with E-state index in [2.05, 4.69) is 11.9 Å². The summed E-state index contributed by atoms with van der Waals surface area (Å²) in [6.07, 6.45) is 2.16. The highest BCUT2D eigenvalue weighted by Gasteiger charge is 2.27. The van der Waals surface area contributed by atoms with Crippen LogP contribution in [0.3, 0.4) is 0 Å². The molecular weight excluding hydrogens is 266 g/mol. The number of likely N-dealkylation sites (N-methyl/N-ethyl adjacent to an activating group) is 2. The van der Waals surface area contributed by atoms with Gasteiger partial charge in [-0.1, -0.05) is 17.7 Å². The molecule has 1 atom stereocenters. The summed E-state index contributed by atoms with van der Waals surface area (Å²) in [4.78, 5) is 15.0. The van der Waals surface area contributed by atoms with Gasteiger partial charge in [0.15, 0.2) is 0 Å². The third kappa shape index (κ3) is 2.98. The van der Waals surface area contributed by atoms with Gasteiger partial charge >= 0.3 is 5.69 Å². The molecule has 1 saturated heterocycles. The monoisotopic (exact) mass is 283 g/mol. The number of nitro groups is 1. The highest BCUT2D eigenvalue weighted by Crippen LogP contribution is 2.36. The number of piperidine rings is 1. The molecule has 2 rings (SSSR count). The minimum Gasteiger partial charge on any atom is -0.365 e. The Morgan fingerprint density at radius 1 is 1.53 bits per heavy atom. The molecule has 19 heavy (non-hydrogen) atoms. The maximum Gasteiger partial charge on any atom is 0.310 e. The Morgan fingerprint density at radius 3 is 2.89 bits per heavy atom. The topological polar surface area (TPSA) is 49.6 Å². The number of nitro benzene ring substituents is 1. The average Bonchev–Trinajstić information content (AvgIpc) is 2.37. The molecule has 1 aliphatic heterocycles. The second kappa shape index (κ2) is 5.75. The smallest absolute Gasteiger partial charge is 0.310 e. The normalized spacial score (nSPS) is 20.3. The third-order valence-electron chi connectivity index (χ3n) is 3.68. The highest BCUT2D eigenvalue weighted by molar-refractivity contribution is 6.33. The highest BCUT2D eigenvalue weighted by atomic mass is 35.5. The van der Waals surface area contributed by atoms with Crippen LogP contribution in [-0.2, 0) is 0 Å². The number of para-hydroxylation sites is 1. The lowest BCUT2D eigenvalue weighted by Crippen LogP contribution is -2.45. The van der Waals surface area contributed by atoms with Crippen molar-refractivity contribution in [2.24, 2.45) is 0 Å². The van der Waals surface area contributed by atoms with E-state index in [1.54, 1.807) is 18.2 Å². The first-order chi connectivity index (χ1) is 9.00. The molecule has 1 aromatic rings. The molecule has 1 heterocycles. The van der Waals surface area contributed by atoms with Crippen LogP contribution in [0.5, 0.6) is 0 Å². The number of halogens is 1. The van der Waals surface area contributed by atoms with Crippen LogP contribution in [0.4, 0.5) is 11.4 Å². The maximum atomic E-state index is 11.2. The van der Waals surface area contributed by atoms with Gasteiger partial charge in [-0.25, -0.2) is 0 Å². The van der Waals surface area contributed by atoms with Crippen molar-refractivity contribution in [1.29, 1.82) is 0 Å². The molecule has 104 valence electrons. The standard InChI is InChI=1S/C13H18ClN3O2/c1-15-8-4-5-10(9-15)16(2)12-7-3-6-11(14)13(12)17(18)19/h3,6-7,10H,4-5,8-9H2,1-2H3. The van der Waals surface area contributed by atoms with Crippen LogP contribution in [0.1, 0.15) is 12.8 Å². The molecule has 0 spiro atoms. The largest absolute Gasteiger partial charge is 0.365 e. The van der Waals surface area contributed by atoms with Gasteiger partial charge in [-0.2, -0.15) is 0 Å². The second-order valence-electron chi connectivity index (χ2n) is 5.03. The van der Waals surface area contributed by atoms with Crippen LogP contribution < -0.4 is 4.90 Å². The van der Waals surface area contributed by atoms with Gasteiger partial charge < -0.3 is 9.80 Å². The average molecular weight is 284 g/mol. The Balaban J connectivity index is 2.30. The van der Waals surface area contributed by atoms with Crippen molar-refractivity contribution in [3.05, 3.63) is 33.3 Å². The summed E-state index contributed by atoms with van der Waals surface area (Å²) in [5.41, 5.74) is 0.595. The van der Waals surface area contributed by atoms with Crippen LogP contribution in [0.2, 0.25) is 5.02 Å². The van der Waals surface area contributed by atoms with E-state index >= 15 is 0 Å². The van der Waals surface area contributed by atoms with Crippen molar-refractivity contribution >= 4 is 23.0 Å². The van der Waals surface area contributed by atoms with Gasteiger partial charge in [0, 0.05) is 19.6 Å². The number of hydrogen-bond acceptors (Lipinski definition) is 4. The number of likely N-dealkylation sites (tertiary alicyclic amines) is 1. The van der Waals surface area contributed by atoms with Crippen LogP contribution in [0, 0.1) is 10.1 Å². The molecule has 5 nitrogen and oxygen atoms in total. The quantitative estimate of drug-likeness (QED) is 0.632. The van der Waals surface area contributed by atoms with Crippen molar-refractivity contribution in [2.75, 3.05) is 32.1 Å². The van der Waals surface area contributed by atoms with Crippen molar-refractivity contribution in [1.82, 2.24) is 4.90 Å². The molecule has 6 heteroatoms. The minimum absolute atomic E-state index is 0.0000989. The molecule has 0 amide bonds. The first kappa shape index (κ1) is 14.1. The lowest BCUT2D eigenvalue weighted by Gasteiger charge is -2.36. The fourth-order valence-corrected chi connectivity index (χ4v) is 2.86. The van der Waals surface area contributed by atoms with Gasteiger partial charge in [-0.05, 0) is 38.6 Å². The van der Waals surface area contributed by atoms with E-state index in [4.69, 9.17) is 11.6 Å². The van der Waals surface area contributed by atoms with Gasteiger partial charge in [0.25, 0.3) is 0 Å². The van der Waals surface area contributed by atoms with Gasteiger partial charge in [0.05, 0.1) is 4.92 Å². The van der Waals surface area contributed by atoms with Gasteiger partial charge in [-0.15, -0.1) is 0 Å². The number of benzene rings is 1. The Labute approximate surface area is 117 Å².